The minimum Gasteiger partial charge on any atom is -0.263 e. The summed E-state index contributed by atoms with van der Waals surface area (Å²) in [5.41, 5.74) is 2.47. The van der Waals surface area contributed by atoms with Crippen molar-refractivity contribution in [3.05, 3.63) is 94.6 Å². The van der Waals surface area contributed by atoms with Crippen LogP contribution in [-0.2, 0) is 6.42 Å². The van der Waals surface area contributed by atoms with Gasteiger partial charge in [-0.2, -0.15) is 19.0 Å². The number of nitrogens with zero attached hydrogens (tertiary/aromatic N) is 9. The monoisotopic (exact) mass is 569 g/mol. The number of benzene rings is 1. The van der Waals surface area contributed by atoms with E-state index in [1.165, 1.54) is 46.9 Å². The first-order valence-corrected chi connectivity index (χ1v) is 12.7. The molecule has 0 unspecified atom stereocenters. The second-order valence-electron chi connectivity index (χ2n) is 8.32. The largest absolute Gasteiger partial charge is 0.333 e. The van der Waals surface area contributed by atoms with Crippen molar-refractivity contribution in [2.45, 2.75) is 19.0 Å². The maximum absolute atomic E-state index is 15.2. The van der Waals surface area contributed by atoms with E-state index >= 15 is 4.39 Å². The summed E-state index contributed by atoms with van der Waals surface area (Å²) in [4.78, 5) is 9.02. The molecule has 15 heteroatoms. The highest BCUT2D eigenvalue weighted by Crippen LogP contribution is 2.33. The molecule has 0 amide bonds. The van der Waals surface area contributed by atoms with E-state index in [9.17, 15) is 8.78 Å². The molecule has 0 bridgehead atoms. The van der Waals surface area contributed by atoms with Crippen LogP contribution in [0, 0.1) is 5.82 Å². The third kappa shape index (κ3) is 4.79. The molecule has 0 aliphatic heterocycles. The van der Waals surface area contributed by atoms with E-state index in [1.54, 1.807) is 41.5 Å². The first kappa shape index (κ1) is 24.9. The smallest absolute Gasteiger partial charge is 0.263 e. The fourth-order valence-corrected chi connectivity index (χ4v) is 5.06. The van der Waals surface area contributed by atoms with Crippen LogP contribution in [-0.4, -0.2) is 45.1 Å². The zero-order chi connectivity index (χ0) is 26.9. The highest BCUT2D eigenvalue weighted by Gasteiger charge is 2.23. The van der Waals surface area contributed by atoms with E-state index < -0.39 is 18.4 Å². The van der Waals surface area contributed by atoms with Crippen molar-refractivity contribution in [1.29, 1.82) is 0 Å². The van der Waals surface area contributed by atoms with Crippen molar-refractivity contribution in [2.24, 2.45) is 0 Å². The molecule has 1 atom stereocenters. The molecular formula is C24H17ClF3N10S+. The Morgan fingerprint density at radius 3 is 2.64 bits per heavy atom. The van der Waals surface area contributed by atoms with Crippen molar-refractivity contribution < 1.29 is 17.9 Å². The molecule has 5 aromatic heterocycles. The lowest BCUT2D eigenvalue weighted by molar-refractivity contribution is -0.659. The Kier molecular flexibility index (Phi) is 6.62. The molecule has 6 rings (SSSR count). The van der Waals surface area contributed by atoms with E-state index in [4.69, 9.17) is 11.6 Å². The molecular weight excluding hydrogens is 553 g/mol. The summed E-state index contributed by atoms with van der Waals surface area (Å²) in [7, 11) is 0. The number of rotatable bonds is 8. The van der Waals surface area contributed by atoms with E-state index in [-0.39, 0.29) is 16.3 Å². The Labute approximate surface area is 227 Å². The quantitative estimate of drug-likeness (QED) is 0.267. The minimum absolute atomic E-state index is 0.0420. The summed E-state index contributed by atoms with van der Waals surface area (Å²) < 4.78 is 45.8. The maximum atomic E-state index is 15.2. The highest BCUT2D eigenvalue weighted by molar-refractivity contribution is 7.09. The van der Waals surface area contributed by atoms with Gasteiger partial charge in [-0.1, -0.05) is 22.9 Å². The van der Waals surface area contributed by atoms with Gasteiger partial charge in [-0.15, -0.1) is 16.0 Å². The molecule has 0 aliphatic carbocycles. The second kappa shape index (κ2) is 10.4. The molecule has 0 spiro atoms. The summed E-state index contributed by atoms with van der Waals surface area (Å²) in [5, 5.41) is 20.9. The molecule has 196 valence electrons. The van der Waals surface area contributed by atoms with E-state index in [2.05, 4.69) is 35.7 Å². The van der Waals surface area contributed by atoms with E-state index in [0.29, 0.717) is 33.6 Å². The standard InChI is InChI=1S/C24H16ClF3N10S/c25-16-2-4-19(37-13-31-34-35-37)22(23(16)26)14-1-3-17(30-10-14)20(9-21-29-7-8-39-21)36-12-15(11-33-36)18-5-6-32-38(18)24(27)28/h1-8,10-13,20,24H,9H2/p+1/t20-/m1/s1. The summed E-state index contributed by atoms with van der Waals surface area (Å²) >= 11 is 7.58. The van der Waals surface area contributed by atoms with Gasteiger partial charge in [0.2, 0.25) is 0 Å². The number of pyridine rings is 1. The number of tetrazole rings is 1. The summed E-state index contributed by atoms with van der Waals surface area (Å²) in [6.07, 6.45) is 9.59. The Balaban J connectivity index is 1.39. The van der Waals surface area contributed by atoms with Crippen LogP contribution in [0.1, 0.15) is 23.3 Å². The molecule has 5 heterocycles. The van der Waals surface area contributed by atoms with Crippen LogP contribution in [0.2, 0.25) is 5.02 Å². The number of hydrogen-bond acceptors (Lipinski definition) is 7. The van der Waals surface area contributed by atoms with Crippen LogP contribution < -0.4 is 4.68 Å². The van der Waals surface area contributed by atoms with Gasteiger partial charge < -0.3 is 0 Å². The van der Waals surface area contributed by atoms with Crippen LogP contribution in [0.25, 0.3) is 28.1 Å². The second-order valence-corrected chi connectivity index (χ2v) is 9.71. The van der Waals surface area contributed by atoms with Crippen LogP contribution in [0.3, 0.4) is 0 Å². The number of hydrogen-bond donors (Lipinski definition) is 1. The molecule has 1 N–H and O–H groups in total. The van der Waals surface area contributed by atoms with Gasteiger partial charge in [0, 0.05) is 47.7 Å². The molecule has 1 aromatic carbocycles. The first-order valence-electron chi connectivity index (χ1n) is 11.5. The zero-order valence-electron chi connectivity index (χ0n) is 19.7. The topological polar surface area (TPSA) is 107 Å². The number of thiazole rings is 1. The predicted octanol–water partition coefficient (Wildman–Crippen LogP) is 4.68. The Morgan fingerprint density at radius 1 is 1.03 bits per heavy atom. The number of aromatic amines is 1. The third-order valence-electron chi connectivity index (χ3n) is 6.05. The molecule has 0 fully saturated rings. The molecule has 0 radical (unpaired) electrons. The Hall–Kier alpha value is -4.43. The van der Waals surface area contributed by atoms with Crippen LogP contribution in [0.15, 0.2) is 73.0 Å². The lowest BCUT2D eigenvalue weighted by atomic mass is 10.0. The van der Waals surface area contributed by atoms with Gasteiger partial charge >= 0.3 is 6.55 Å². The fourth-order valence-electron chi connectivity index (χ4n) is 4.25. The van der Waals surface area contributed by atoms with Crippen LogP contribution in [0.4, 0.5) is 13.2 Å². The lowest BCUT2D eigenvalue weighted by Gasteiger charge is -2.17. The van der Waals surface area contributed by atoms with E-state index in [1.807, 2.05) is 5.38 Å². The maximum Gasteiger partial charge on any atom is 0.333 e. The Bertz CT molecular complexity index is 1700. The summed E-state index contributed by atoms with van der Waals surface area (Å²) in [6, 6.07) is 7.67. The zero-order valence-corrected chi connectivity index (χ0v) is 21.3. The minimum atomic E-state index is -2.79. The van der Waals surface area contributed by atoms with Gasteiger partial charge in [-0.25, -0.2) is 14.1 Å². The molecule has 39 heavy (non-hydrogen) atoms. The van der Waals surface area contributed by atoms with Gasteiger partial charge in [-0.05, 0) is 24.3 Å². The average Bonchev–Trinajstić information content (AvgIpc) is 3.76. The van der Waals surface area contributed by atoms with Crippen LogP contribution >= 0.6 is 22.9 Å². The summed E-state index contributed by atoms with van der Waals surface area (Å²) in [6.45, 7) is -2.79. The molecule has 10 nitrogen and oxygen atoms in total. The van der Waals surface area contributed by atoms with Crippen molar-refractivity contribution in [3.8, 4) is 28.1 Å². The number of halogens is 4. The van der Waals surface area contributed by atoms with Crippen molar-refractivity contribution >= 4 is 22.9 Å². The highest BCUT2D eigenvalue weighted by atomic mass is 35.5. The number of H-pyrrole nitrogens is 1. The fraction of sp³-hybridized carbons (Fsp3) is 0.125. The van der Waals surface area contributed by atoms with Crippen LogP contribution in [0.5, 0.6) is 0 Å². The number of alkyl halides is 2. The molecule has 0 saturated carbocycles. The number of nitrogens with one attached hydrogen (secondary N) is 1. The van der Waals surface area contributed by atoms with Crippen molar-refractivity contribution in [3.63, 3.8) is 0 Å². The van der Waals surface area contributed by atoms with Gasteiger partial charge in [0.15, 0.2) is 11.0 Å². The molecule has 6 aromatic rings. The summed E-state index contributed by atoms with van der Waals surface area (Å²) in [5.74, 6) is -0.613. The molecule has 0 saturated heterocycles. The van der Waals surface area contributed by atoms with Gasteiger partial charge in [-0.3, -0.25) is 9.67 Å². The predicted molar refractivity (Wildman–Crippen MR) is 135 cm³/mol. The number of aromatic nitrogens is 10. The van der Waals surface area contributed by atoms with Gasteiger partial charge in [0.25, 0.3) is 6.33 Å². The van der Waals surface area contributed by atoms with Crippen molar-refractivity contribution in [2.75, 3.05) is 0 Å². The SMILES string of the molecule is Fc1c(Cl)ccc(-[n+]2cnn[nH]2)c1-c1ccc([C@@H](Cc2nccs2)n2cc(-c3ccnn3C(F)F)cn2)nc1. The Morgan fingerprint density at radius 2 is 1.92 bits per heavy atom. The average molecular weight is 570 g/mol. The first-order chi connectivity index (χ1) is 19.0. The van der Waals surface area contributed by atoms with E-state index in [0.717, 1.165) is 5.01 Å². The molecule has 0 aliphatic rings. The van der Waals surface area contributed by atoms with Gasteiger partial charge in [0.05, 0.1) is 33.2 Å². The van der Waals surface area contributed by atoms with Crippen molar-refractivity contribution in [1.82, 2.24) is 45.1 Å². The van der Waals surface area contributed by atoms with Gasteiger partial charge in [0.1, 0.15) is 16.8 Å². The third-order valence-corrected chi connectivity index (χ3v) is 7.14. The normalized spacial score (nSPS) is 12.3. The lowest BCUT2D eigenvalue weighted by Crippen LogP contribution is -2.33.